The van der Waals surface area contributed by atoms with Gasteiger partial charge >= 0.3 is 0 Å². The van der Waals surface area contributed by atoms with E-state index in [0.29, 0.717) is 17.0 Å². The summed E-state index contributed by atoms with van der Waals surface area (Å²) in [6.45, 7) is 0. The molecule has 0 aliphatic rings. The average Bonchev–Trinajstić information content (AvgIpc) is 2.91. The molecule has 0 atom stereocenters. The molecular formula is C9H5BrN2OS2. The van der Waals surface area contributed by atoms with Gasteiger partial charge in [0.25, 0.3) is 5.89 Å². The van der Waals surface area contributed by atoms with Crippen LogP contribution in [0.5, 0.6) is 0 Å². The fourth-order valence-electron chi connectivity index (χ4n) is 1.28. The Kier molecular flexibility index (Phi) is 2.34. The molecule has 3 aromatic heterocycles. The lowest BCUT2D eigenvalue weighted by Crippen LogP contribution is -1.78. The number of alkyl halides is 1. The maximum Gasteiger partial charge on any atom is 0.268 e. The predicted octanol–water partition coefficient (Wildman–Crippen LogP) is 3.91. The number of hydrogen-bond donors (Lipinski definition) is 0. The second kappa shape index (κ2) is 3.70. The number of nitrogens with zero attached hydrogens (tertiary/aromatic N) is 2. The molecule has 0 saturated heterocycles. The Bertz CT molecular complexity index is 569. The van der Waals surface area contributed by atoms with Crippen molar-refractivity contribution in [2.45, 2.75) is 5.33 Å². The fraction of sp³-hybridized carbons (Fsp3) is 0.111. The van der Waals surface area contributed by atoms with Crippen molar-refractivity contribution >= 4 is 48.0 Å². The highest BCUT2D eigenvalue weighted by Crippen LogP contribution is 2.35. The molecule has 0 amide bonds. The first-order chi connectivity index (χ1) is 7.36. The summed E-state index contributed by atoms with van der Waals surface area (Å²) in [6.07, 6.45) is 0. The molecule has 3 rings (SSSR count). The highest BCUT2D eigenvalue weighted by atomic mass is 79.9. The summed E-state index contributed by atoms with van der Waals surface area (Å²) in [7, 11) is 0. The van der Waals surface area contributed by atoms with Crippen LogP contribution in [0, 0.1) is 0 Å². The second-order valence-electron chi connectivity index (χ2n) is 2.91. The monoisotopic (exact) mass is 300 g/mol. The van der Waals surface area contributed by atoms with Crippen LogP contribution < -0.4 is 0 Å². The summed E-state index contributed by atoms with van der Waals surface area (Å²) >= 11 is 6.70. The molecular weight excluding hydrogens is 296 g/mol. The van der Waals surface area contributed by atoms with E-state index in [1.165, 1.54) is 9.40 Å². The Morgan fingerprint density at radius 1 is 1.40 bits per heavy atom. The van der Waals surface area contributed by atoms with Gasteiger partial charge in [-0.15, -0.1) is 22.7 Å². The van der Waals surface area contributed by atoms with Crippen LogP contribution in [-0.4, -0.2) is 10.1 Å². The van der Waals surface area contributed by atoms with Crippen molar-refractivity contribution in [1.82, 2.24) is 10.1 Å². The molecule has 0 aliphatic heterocycles. The lowest BCUT2D eigenvalue weighted by molar-refractivity contribution is 0.426. The standard InChI is InChI=1S/C9H5BrN2OS2/c10-4-8-11-9(13-12-8)7-3-6-5(15-7)1-2-14-6/h1-3H,4H2. The topological polar surface area (TPSA) is 38.9 Å². The Balaban J connectivity index is 2.09. The molecule has 3 heterocycles. The van der Waals surface area contributed by atoms with Crippen molar-refractivity contribution in [2.75, 3.05) is 0 Å². The minimum Gasteiger partial charge on any atom is -0.333 e. The maximum absolute atomic E-state index is 5.16. The van der Waals surface area contributed by atoms with Crippen LogP contribution in [0.1, 0.15) is 5.82 Å². The Morgan fingerprint density at radius 2 is 2.33 bits per heavy atom. The number of thiophene rings is 2. The first-order valence-corrected chi connectivity index (χ1v) is 7.04. The summed E-state index contributed by atoms with van der Waals surface area (Å²) < 4.78 is 7.71. The second-order valence-corrected chi connectivity index (χ2v) is 5.50. The number of fused-ring (bicyclic) bond motifs is 1. The molecule has 0 unspecified atom stereocenters. The number of halogens is 1. The SMILES string of the molecule is BrCc1noc(-c2cc3sccc3s2)n1. The van der Waals surface area contributed by atoms with Gasteiger partial charge in [-0.2, -0.15) is 4.98 Å². The molecule has 3 nitrogen and oxygen atoms in total. The van der Waals surface area contributed by atoms with Crippen molar-refractivity contribution in [3.8, 4) is 10.8 Å². The van der Waals surface area contributed by atoms with Crippen molar-refractivity contribution in [2.24, 2.45) is 0 Å². The first-order valence-electron chi connectivity index (χ1n) is 4.23. The Hall–Kier alpha value is -0.720. The molecule has 0 saturated carbocycles. The minimum atomic E-state index is 0.609. The van der Waals surface area contributed by atoms with E-state index in [9.17, 15) is 0 Å². The third-order valence-corrected chi connectivity index (χ3v) is 4.52. The molecule has 0 aliphatic carbocycles. The Morgan fingerprint density at radius 3 is 3.07 bits per heavy atom. The lowest BCUT2D eigenvalue weighted by Gasteiger charge is -1.82. The van der Waals surface area contributed by atoms with Crippen LogP contribution in [0.3, 0.4) is 0 Å². The van der Waals surface area contributed by atoms with Crippen molar-refractivity contribution in [3.05, 3.63) is 23.3 Å². The smallest absolute Gasteiger partial charge is 0.268 e. The van der Waals surface area contributed by atoms with Gasteiger partial charge in [0.1, 0.15) is 0 Å². The van der Waals surface area contributed by atoms with Crippen LogP contribution >= 0.6 is 38.6 Å². The number of hydrogen-bond acceptors (Lipinski definition) is 5. The summed E-state index contributed by atoms with van der Waals surface area (Å²) in [5.41, 5.74) is 0. The van der Waals surface area contributed by atoms with E-state index in [2.05, 4.69) is 43.6 Å². The van der Waals surface area contributed by atoms with Crippen molar-refractivity contribution in [1.29, 1.82) is 0 Å². The molecule has 0 spiro atoms. The largest absolute Gasteiger partial charge is 0.333 e. The van der Waals surface area contributed by atoms with Crippen LogP contribution in [0.2, 0.25) is 0 Å². The zero-order valence-corrected chi connectivity index (χ0v) is 10.7. The summed E-state index contributed by atoms with van der Waals surface area (Å²) in [4.78, 5) is 5.30. The van der Waals surface area contributed by atoms with E-state index >= 15 is 0 Å². The number of aromatic nitrogens is 2. The molecule has 3 aromatic rings. The van der Waals surface area contributed by atoms with Gasteiger partial charge in [-0.1, -0.05) is 21.1 Å². The summed E-state index contributed by atoms with van der Waals surface area (Å²) in [5.74, 6) is 1.29. The van der Waals surface area contributed by atoms with E-state index < -0.39 is 0 Å². The molecule has 0 aromatic carbocycles. The minimum absolute atomic E-state index is 0.609. The van der Waals surface area contributed by atoms with Crippen LogP contribution in [0.15, 0.2) is 22.0 Å². The van der Waals surface area contributed by atoms with Crippen LogP contribution in [-0.2, 0) is 5.33 Å². The lowest BCUT2D eigenvalue weighted by atomic mass is 10.4. The van der Waals surface area contributed by atoms with Crippen LogP contribution in [0.25, 0.3) is 20.2 Å². The molecule has 0 fully saturated rings. The molecule has 0 N–H and O–H groups in total. The van der Waals surface area contributed by atoms with Gasteiger partial charge in [0.2, 0.25) is 0 Å². The average molecular weight is 301 g/mol. The van der Waals surface area contributed by atoms with Gasteiger partial charge in [-0.05, 0) is 17.5 Å². The third-order valence-electron chi connectivity index (χ3n) is 1.94. The van der Waals surface area contributed by atoms with E-state index in [4.69, 9.17) is 4.52 Å². The zero-order chi connectivity index (χ0) is 10.3. The predicted molar refractivity (Wildman–Crippen MR) is 65.6 cm³/mol. The van der Waals surface area contributed by atoms with E-state index in [0.717, 1.165) is 4.88 Å². The highest BCUT2D eigenvalue weighted by Gasteiger charge is 2.11. The molecule has 0 bridgehead atoms. The van der Waals surface area contributed by atoms with E-state index in [1.807, 2.05) is 0 Å². The summed E-state index contributed by atoms with van der Waals surface area (Å²) in [6, 6.07) is 4.20. The molecule has 15 heavy (non-hydrogen) atoms. The first kappa shape index (κ1) is 9.50. The molecule has 0 radical (unpaired) electrons. The van der Waals surface area contributed by atoms with Gasteiger partial charge < -0.3 is 4.52 Å². The number of rotatable bonds is 2. The Labute approximate surface area is 102 Å². The maximum atomic E-state index is 5.16. The van der Waals surface area contributed by atoms with Gasteiger partial charge in [0.15, 0.2) is 5.82 Å². The van der Waals surface area contributed by atoms with E-state index in [-0.39, 0.29) is 0 Å². The fourth-order valence-corrected chi connectivity index (χ4v) is 3.54. The third kappa shape index (κ3) is 1.62. The zero-order valence-electron chi connectivity index (χ0n) is 7.44. The van der Waals surface area contributed by atoms with Gasteiger partial charge in [0.05, 0.1) is 10.2 Å². The van der Waals surface area contributed by atoms with Gasteiger partial charge in [-0.25, -0.2) is 0 Å². The summed E-state index contributed by atoms with van der Waals surface area (Å²) in [5, 5.41) is 6.55. The van der Waals surface area contributed by atoms with Gasteiger partial charge in [0, 0.05) is 9.40 Å². The molecule has 6 heteroatoms. The highest BCUT2D eigenvalue weighted by molar-refractivity contribution is 9.08. The normalized spacial score (nSPS) is 11.3. The molecule has 76 valence electrons. The quantitative estimate of drug-likeness (QED) is 0.674. The van der Waals surface area contributed by atoms with E-state index in [1.54, 1.807) is 22.7 Å². The van der Waals surface area contributed by atoms with Crippen molar-refractivity contribution < 1.29 is 4.52 Å². The van der Waals surface area contributed by atoms with Gasteiger partial charge in [-0.3, -0.25) is 0 Å². The van der Waals surface area contributed by atoms with Crippen LogP contribution in [0.4, 0.5) is 0 Å². The van der Waals surface area contributed by atoms with Crippen molar-refractivity contribution in [3.63, 3.8) is 0 Å².